The first-order valence-electron chi connectivity index (χ1n) is 9.25. The molecule has 0 aliphatic carbocycles. The highest BCUT2D eigenvalue weighted by atomic mass is 19.1. The Morgan fingerprint density at radius 2 is 1.77 bits per heavy atom. The van der Waals surface area contributed by atoms with Crippen molar-refractivity contribution in [3.05, 3.63) is 53.5 Å². The molecular formula is C22H23FN2O5. The summed E-state index contributed by atoms with van der Waals surface area (Å²) in [5.41, 5.74) is 0.682. The number of halogens is 1. The molecule has 0 radical (unpaired) electrons. The lowest BCUT2D eigenvalue weighted by atomic mass is 10.1. The number of fused-ring (bicyclic) bond motifs is 1. The molecule has 0 aliphatic rings. The summed E-state index contributed by atoms with van der Waals surface area (Å²) >= 11 is 0. The second-order valence-electron chi connectivity index (χ2n) is 7.69. The second-order valence-corrected chi connectivity index (χ2v) is 7.69. The number of amides is 2. The topological polar surface area (TPSA) is 89.8 Å². The number of furan rings is 1. The van der Waals surface area contributed by atoms with Gasteiger partial charge in [0.25, 0.3) is 5.91 Å². The molecule has 0 saturated carbocycles. The monoisotopic (exact) mass is 414 g/mol. The van der Waals surface area contributed by atoms with E-state index in [1.54, 1.807) is 53.0 Å². The first-order valence-corrected chi connectivity index (χ1v) is 9.25. The van der Waals surface area contributed by atoms with Gasteiger partial charge >= 0.3 is 6.09 Å². The predicted octanol–water partition coefficient (Wildman–Crippen LogP) is 5.49. The Morgan fingerprint density at radius 3 is 2.43 bits per heavy atom. The number of methoxy groups -OCH3 is 1. The predicted molar refractivity (Wildman–Crippen MR) is 112 cm³/mol. The van der Waals surface area contributed by atoms with Crippen LogP contribution in [0.4, 0.5) is 20.6 Å². The molecule has 2 N–H and O–H groups in total. The van der Waals surface area contributed by atoms with E-state index in [4.69, 9.17) is 13.9 Å². The molecule has 0 unspecified atom stereocenters. The summed E-state index contributed by atoms with van der Waals surface area (Å²) in [4.78, 5) is 24.9. The van der Waals surface area contributed by atoms with E-state index in [1.807, 2.05) is 0 Å². The maximum atomic E-state index is 13.8. The molecule has 2 aromatic carbocycles. The van der Waals surface area contributed by atoms with Crippen molar-refractivity contribution in [2.75, 3.05) is 17.7 Å². The maximum Gasteiger partial charge on any atom is 0.412 e. The van der Waals surface area contributed by atoms with Crippen molar-refractivity contribution < 1.29 is 27.9 Å². The number of ether oxygens (including phenoxy) is 2. The quantitative estimate of drug-likeness (QED) is 0.589. The molecule has 3 aromatic rings. The minimum Gasteiger partial charge on any atom is -0.497 e. The minimum absolute atomic E-state index is 0.0725. The highest BCUT2D eigenvalue weighted by molar-refractivity contribution is 6.08. The standard InChI is InChI=1S/C22H23FN2O5/c1-12-15-11-14(28-5)7-9-18(15)29-19(12)20(26)24-17-10-13(23)6-8-16(17)25-21(27)30-22(2,3)4/h6-11H,1-5H3,(H,24,26)(H,25,27). The first-order chi connectivity index (χ1) is 14.1. The van der Waals surface area contributed by atoms with Crippen LogP contribution in [0.15, 0.2) is 40.8 Å². The first kappa shape index (κ1) is 21.2. The molecule has 0 spiro atoms. The largest absolute Gasteiger partial charge is 0.497 e. The molecule has 3 rings (SSSR count). The zero-order chi connectivity index (χ0) is 22.1. The van der Waals surface area contributed by atoms with Gasteiger partial charge in [0.1, 0.15) is 22.8 Å². The van der Waals surface area contributed by atoms with E-state index in [1.165, 1.54) is 12.1 Å². The number of anilines is 2. The van der Waals surface area contributed by atoms with Crippen LogP contribution in [-0.2, 0) is 4.74 Å². The van der Waals surface area contributed by atoms with Gasteiger partial charge in [-0.2, -0.15) is 0 Å². The summed E-state index contributed by atoms with van der Waals surface area (Å²) < 4.78 is 29.9. The summed E-state index contributed by atoms with van der Waals surface area (Å²) in [5, 5.41) is 5.84. The van der Waals surface area contributed by atoms with Crippen molar-refractivity contribution in [3.63, 3.8) is 0 Å². The van der Waals surface area contributed by atoms with Gasteiger partial charge in [-0.15, -0.1) is 0 Å². The molecule has 158 valence electrons. The SMILES string of the molecule is COc1ccc2oc(C(=O)Nc3cc(F)ccc3NC(=O)OC(C)(C)C)c(C)c2c1. The van der Waals surface area contributed by atoms with Crippen molar-refractivity contribution in [2.45, 2.75) is 33.3 Å². The normalized spacial score (nSPS) is 11.3. The summed E-state index contributed by atoms with van der Waals surface area (Å²) in [6.45, 7) is 6.91. The fraction of sp³-hybridized carbons (Fsp3) is 0.273. The van der Waals surface area contributed by atoms with Gasteiger partial charge in [-0.1, -0.05) is 0 Å². The highest BCUT2D eigenvalue weighted by Gasteiger charge is 2.21. The summed E-state index contributed by atoms with van der Waals surface area (Å²) in [6, 6.07) is 8.80. The lowest BCUT2D eigenvalue weighted by Crippen LogP contribution is -2.27. The molecule has 1 heterocycles. The third kappa shape index (κ3) is 4.71. The number of carbonyl (C=O) groups is 2. The van der Waals surface area contributed by atoms with Crippen LogP contribution in [-0.4, -0.2) is 24.7 Å². The molecule has 7 nitrogen and oxygen atoms in total. The van der Waals surface area contributed by atoms with E-state index in [-0.39, 0.29) is 17.1 Å². The Bertz CT molecular complexity index is 1110. The van der Waals surface area contributed by atoms with Gasteiger partial charge in [-0.3, -0.25) is 10.1 Å². The number of rotatable bonds is 4. The molecule has 0 aliphatic heterocycles. The highest BCUT2D eigenvalue weighted by Crippen LogP contribution is 2.30. The van der Waals surface area contributed by atoms with Gasteiger partial charge in [0.05, 0.1) is 18.5 Å². The lowest BCUT2D eigenvalue weighted by Gasteiger charge is -2.20. The lowest BCUT2D eigenvalue weighted by molar-refractivity contribution is 0.0635. The number of aryl methyl sites for hydroxylation is 1. The molecule has 1 aromatic heterocycles. The second kappa shape index (κ2) is 8.06. The van der Waals surface area contributed by atoms with Gasteiger partial charge in [0.15, 0.2) is 5.76 Å². The van der Waals surface area contributed by atoms with Gasteiger partial charge in [-0.05, 0) is 64.1 Å². The number of hydrogen-bond donors (Lipinski definition) is 2. The molecule has 0 bridgehead atoms. The van der Waals surface area contributed by atoms with Gasteiger partial charge in [0.2, 0.25) is 0 Å². The van der Waals surface area contributed by atoms with Crippen molar-refractivity contribution in [1.29, 1.82) is 0 Å². The van der Waals surface area contributed by atoms with Crippen LogP contribution in [0.3, 0.4) is 0 Å². The van der Waals surface area contributed by atoms with Crippen LogP contribution in [0.2, 0.25) is 0 Å². The van der Waals surface area contributed by atoms with E-state index in [0.717, 1.165) is 11.5 Å². The maximum absolute atomic E-state index is 13.8. The molecule has 8 heteroatoms. The smallest absolute Gasteiger partial charge is 0.412 e. The minimum atomic E-state index is -0.725. The summed E-state index contributed by atoms with van der Waals surface area (Å²) in [5.74, 6) is -0.454. The summed E-state index contributed by atoms with van der Waals surface area (Å²) in [7, 11) is 1.55. The van der Waals surface area contributed by atoms with E-state index < -0.39 is 23.4 Å². The third-order valence-corrected chi connectivity index (χ3v) is 4.22. The average molecular weight is 414 g/mol. The molecule has 0 saturated heterocycles. The van der Waals surface area contributed by atoms with Crippen molar-refractivity contribution in [1.82, 2.24) is 0 Å². The number of carbonyl (C=O) groups excluding carboxylic acids is 2. The third-order valence-electron chi connectivity index (χ3n) is 4.22. The van der Waals surface area contributed by atoms with Crippen LogP contribution < -0.4 is 15.4 Å². The van der Waals surface area contributed by atoms with Crippen LogP contribution in [0, 0.1) is 12.7 Å². The fourth-order valence-corrected chi connectivity index (χ4v) is 2.87. The molecule has 30 heavy (non-hydrogen) atoms. The Labute approximate surface area is 173 Å². The van der Waals surface area contributed by atoms with Crippen molar-refractivity contribution in [3.8, 4) is 5.75 Å². The van der Waals surface area contributed by atoms with Crippen LogP contribution in [0.25, 0.3) is 11.0 Å². The Kier molecular flexibility index (Phi) is 5.69. The van der Waals surface area contributed by atoms with E-state index in [0.29, 0.717) is 16.9 Å². The Morgan fingerprint density at radius 1 is 1.03 bits per heavy atom. The van der Waals surface area contributed by atoms with E-state index >= 15 is 0 Å². The van der Waals surface area contributed by atoms with Crippen molar-refractivity contribution in [2.24, 2.45) is 0 Å². The van der Waals surface area contributed by atoms with Crippen molar-refractivity contribution >= 4 is 34.3 Å². The molecule has 0 fully saturated rings. The van der Waals surface area contributed by atoms with E-state index in [2.05, 4.69) is 10.6 Å². The van der Waals surface area contributed by atoms with Gasteiger partial charge < -0.3 is 19.2 Å². The molecule has 2 amide bonds. The number of hydrogen-bond acceptors (Lipinski definition) is 5. The Hall–Kier alpha value is -3.55. The summed E-state index contributed by atoms with van der Waals surface area (Å²) in [6.07, 6.45) is -0.725. The van der Waals surface area contributed by atoms with Gasteiger partial charge in [-0.25, -0.2) is 9.18 Å². The van der Waals surface area contributed by atoms with E-state index in [9.17, 15) is 14.0 Å². The van der Waals surface area contributed by atoms with Gasteiger partial charge in [0, 0.05) is 10.9 Å². The Balaban J connectivity index is 1.88. The zero-order valence-corrected chi connectivity index (χ0v) is 17.4. The molecule has 0 atom stereocenters. The molecular weight excluding hydrogens is 391 g/mol. The average Bonchev–Trinajstić information content (AvgIpc) is 2.98. The number of nitrogens with one attached hydrogen (secondary N) is 2. The number of benzene rings is 2. The fourth-order valence-electron chi connectivity index (χ4n) is 2.87. The van der Waals surface area contributed by atoms with Crippen LogP contribution in [0.1, 0.15) is 36.9 Å². The van der Waals surface area contributed by atoms with Crippen LogP contribution >= 0.6 is 0 Å². The zero-order valence-electron chi connectivity index (χ0n) is 17.4. The van der Waals surface area contributed by atoms with Crippen LogP contribution in [0.5, 0.6) is 5.75 Å².